The third-order valence-corrected chi connectivity index (χ3v) is 4.55. The lowest BCUT2D eigenvalue weighted by Crippen LogP contribution is -2.43. The summed E-state index contributed by atoms with van der Waals surface area (Å²) in [4.78, 5) is 21.2. The Balaban J connectivity index is 1.50. The number of piperazine rings is 1. The molecule has 3 rings (SSSR count). The van der Waals surface area contributed by atoms with E-state index in [9.17, 15) is 4.79 Å². The number of nitrogens with one attached hydrogen (secondary N) is 1. The Morgan fingerprint density at radius 3 is 2.72 bits per heavy atom. The third-order valence-electron chi connectivity index (χ3n) is 4.55. The van der Waals surface area contributed by atoms with Crippen molar-refractivity contribution in [2.24, 2.45) is 0 Å². The third kappa shape index (κ3) is 5.66. The zero-order chi connectivity index (χ0) is 17.5. The predicted molar refractivity (Wildman–Crippen MR) is 100 cm³/mol. The molecular formula is C20H26N4O. The van der Waals surface area contributed by atoms with Gasteiger partial charge in [-0.3, -0.25) is 14.7 Å². The molecule has 0 atom stereocenters. The monoisotopic (exact) mass is 338 g/mol. The molecular weight excluding hydrogens is 312 g/mol. The topological polar surface area (TPSA) is 48.5 Å². The number of pyridine rings is 1. The maximum absolute atomic E-state index is 12.2. The number of carbonyl (C=O) groups excluding carboxylic acids is 1. The van der Waals surface area contributed by atoms with Crippen molar-refractivity contribution < 1.29 is 4.79 Å². The van der Waals surface area contributed by atoms with Crippen LogP contribution in [0.4, 0.5) is 5.69 Å². The molecule has 1 aromatic carbocycles. The highest BCUT2D eigenvalue weighted by atomic mass is 16.1. The molecule has 1 saturated heterocycles. The van der Waals surface area contributed by atoms with Crippen LogP contribution in [-0.2, 0) is 17.8 Å². The van der Waals surface area contributed by atoms with Gasteiger partial charge in [-0.15, -0.1) is 0 Å². The van der Waals surface area contributed by atoms with Crippen molar-refractivity contribution in [2.45, 2.75) is 19.4 Å². The van der Waals surface area contributed by atoms with Crippen LogP contribution in [0.1, 0.15) is 17.7 Å². The maximum atomic E-state index is 12.2. The Morgan fingerprint density at radius 1 is 1.12 bits per heavy atom. The Hall–Kier alpha value is -2.24. The van der Waals surface area contributed by atoms with E-state index in [1.54, 1.807) is 6.20 Å². The molecule has 1 fully saturated rings. The van der Waals surface area contributed by atoms with Gasteiger partial charge in [-0.2, -0.15) is 0 Å². The molecule has 1 aliphatic heterocycles. The van der Waals surface area contributed by atoms with Crippen LogP contribution in [0.3, 0.4) is 0 Å². The van der Waals surface area contributed by atoms with Crippen LogP contribution in [-0.4, -0.2) is 53.9 Å². The van der Waals surface area contributed by atoms with Gasteiger partial charge in [0.15, 0.2) is 0 Å². The highest BCUT2D eigenvalue weighted by Crippen LogP contribution is 2.14. The fourth-order valence-electron chi connectivity index (χ4n) is 3.02. The summed E-state index contributed by atoms with van der Waals surface area (Å²) in [7, 11) is 2.17. The van der Waals surface area contributed by atoms with Gasteiger partial charge >= 0.3 is 0 Å². The van der Waals surface area contributed by atoms with E-state index >= 15 is 0 Å². The van der Waals surface area contributed by atoms with Crippen LogP contribution >= 0.6 is 0 Å². The highest BCUT2D eigenvalue weighted by molar-refractivity contribution is 5.90. The van der Waals surface area contributed by atoms with Gasteiger partial charge < -0.3 is 10.2 Å². The normalized spacial score (nSPS) is 15.9. The Labute approximate surface area is 149 Å². The minimum absolute atomic E-state index is 0.0300. The fraction of sp³-hybridized carbons (Fsp3) is 0.400. The number of carbonyl (C=O) groups is 1. The number of aromatic nitrogens is 1. The van der Waals surface area contributed by atoms with Crippen molar-refractivity contribution in [3.8, 4) is 0 Å². The fourth-order valence-corrected chi connectivity index (χ4v) is 3.02. The van der Waals surface area contributed by atoms with Crippen molar-refractivity contribution in [2.75, 3.05) is 38.5 Å². The van der Waals surface area contributed by atoms with Crippen LogP contribution < -0.4 is 5.32 Å². The Morgan fingerprint density at radius 2 is 1.96 bits per heavy atom. The van der Waals surface area contributed by atoms with Crippen LogP contribution in [0.25, 0.3) is 0 Å². The average Bonchev–Trinajstić information content (AvgIpc) is 2.63. The quantitative estimate of drug-likeness (QED) is 0.879. The molecule has 2 heterocycles. The highest BCUT2D eigenvalue weighted by Gasteiger charge is 2.14. The van der Waals surface area contributed by atoms with Gasteiger partial charge in [0, 0.05) is 56.7 Å². The summed E-state index contributed by atoms with van der Waals surface area (Å²) < 4.78 is 0. The van der Waals surface area contributed by atoms with Gasteiger partial charge in [-0.05, 0) is 43.3 Å². The molecule has 1 aromatic heterocycles. The molecule has 0 bridgehead atoms. The Bertz CT molecular complexity index is 681. The SMILES string of the molecule is CN1CCN(Cc2cccc(NC(=O)CCc3ccccn3)c2)CC1. The number of hydrogen-bond acceptors (Lipinski definition) is 4. The van der Waals surface area contributed by atoms with E-state index in [4.69, 9.17) is 0 Å². The van der Waals surface area contributed by atoms with Crippen LogP contribution in [0.5, 0.6) is 0 Å². The van der Waals surface area contributed by atoms with E-state index in [1.807, 2.05) is 30.3 Å². The number of nitrogens with zero attached hydrogens (tertiary/aromatic N) is 3. The minimum atomic E-state index is 0.0300. The number of likely N-dealkylation sites (N-methyl/N-ethyl adjacent to an activating group) is 1. The lowest BCUT2D eigenvalue weighted by molar-refractivity contribution is -0.116. The van der Waals surface area contributed by atoms with Gasteiger partial charge in [0.25, 0.3) is 0 Å². The summed E-state index contributed by atoms with van der Waals surface area (Å²) in [5, 5.41) is 3.00. The molecule has 0 aliphatic carbocycles. The van der Waals surface area contributed by atoms with E-state index in [2.05, 4.69) is 39.3 Å². The summed E-state index contributed by atoms with van der Waals surface area (Å²) in [6.07, 6.45) is 2.86. The van der Waals surface area contributed by atoms with E-state index in [0.29, 0.717) is 12.8 Å². The van der Waals surface area contributed by atoms with Gasteiger partial charge in [-0.25, -0.2) is 0 Å². The number of hydrogen-bond donors (Lipinski definition) is 1. The number of anilines is 1. The van der Waals surface area contributed by atoms with Gasteiger partial charge in [0.05, 0.1) is 0 Å². The Kier molecular flexibility index (Phi) is 6.14. The molecule has 1 amide bonds. The van der Waals surface area contributed by atoms with Crippen LogP contribution in [0.15, 0.2) is 48.7 Å². The molecule has 5 nitrogen and oxygen atoms in total. The zero-order valence-corrected chi connectivity index (χ0v) is 14.8. The van der Waals surface area contributed by atoms with Crippen LogP contribution in [0.2, 0.25) is 0 Å². The van der Waals surface area contributed by atoms with Crippen molar-refractivity contribution in [3.05, 3.63) is 59.9 Å². The average molecular weight is 338 g/mol. The summed E-state index contributed by atoms with van der Waals surface area (Å²) >= 11 is 0. The first-order chi connectivity index (χ1) is 12.2. The zero-order valence-electron chi connectivity index (χ0n) is 14.8. The second kappa shape index (κ2) is 8.74. The molecule has 1 N–H and O–H groups in total. The second-order valence-corrected chi connectivity index (χ2v) is 6.65. The molecule has 25 heavy (non-hydrogen) atoms. The summed E-state index contributed by atoms with van der Waals surface area (Å²) in [6, 6.07) is 14.0. The van der Waals surface area contributed by atoms with E-state index < -0.39 is 0 Å². The van der Waals surface area contributed by atoms with Crippen molar-refractivity contribution in [1.29, 1.82) is 0 Å². The minimum Gasteiger partial charge on any atom is -0.326 e. The molecule has 1 aliphatic rings. The predicted octanol–water partition coefficient (Wildman–Crippen LogP) is 2.40. The van der Waals surface area contributed by atoms with E-state index in [0.717, 1.165) is 44.1 Å². The molecule has 132 valence electrons. The lowest BCUT2D eigenvalue weighted by atomic mass is 10.1. The van der Waals surface area contributed by atoms with Crippen molar-refractivity contribution >= 4 is 11.6 Å². The van der Waals surface area contributed by atoms with Crippen molar-refractivity contribution in [3.63, 3.8) is 0 Å². The summed E-state index contributed by atoms with van der Waals surface area (Å²) in [6.45, 7) is 5.35. The first kappa shape index (κ1) is 17.6. The number of benzene rings is 1. The smallest absolute Gasteiger partial charge is 0.224 e. The summed E-state index contributed by atoms with van der Waals surface area (Å²) in [5.41, 5.74) is 3.06. The van der Waals surface area contributed by atoms with Crippen LogP contribution in [0, 0.1) is 0 Å². The molecule has 0 unspecified atom stereocenters. The molecule has 0 saturated carbocycles. The van der Waals surface area contributed by atoms with Gasteiger partial charge in [-0.1, -0.05) is 18.2 Å². The molecule has 0 spiro atoms. The first-order valence-corrected chi connectivity index (χ1v) is 8.88. The molecule has 5 heteroatoms. The van der Waals surface area contributed by atoms with E-state index in [1.165, 1.54) is 5.56 Å². The number of amides is 1. The van der Waals surface area contributed by atoms with Crippen molar-refractivity contribution in [1.82, 2.24) is 14.8 Å². The second-order valence-electron chi connectivity index (χ2n) is 6.65. The van der Waals surface area contributed by atoms with E-state index in [-0.39, 0.29) is 5.91 Å². The largest absolute Gasteiger partial charge is 0.326 e. The standard InChI is InChI=1S/C20H26N4O/c1-23-11-13-24(14-12-23)16-17-5-4-7-19(15-17)22-20(25)9-8-18-6-2-3-10-21-18/h2-7,10,15H,8-9,11-14,16H2,1H3,(H,22,25). The molecule has 2 aromatic rings. The molecule has 0 radical (unpaired) electrons. The first-order valence-electron chi connectivity index (χ1n) is 8.88. The number of rotatable bonds is 6. The van der Waals surface area contributed by atoms with Gasteiger partial charge in [0.1, 0.15) is 0 Å². The summed E-state index contributed by atoms with van der Waals surface area (Å²) in [5.74, 6) is 0.0300. The number of aryl methyl sites for hydroxylation is 1. The lowest BCUT2D eigenvalue weighted by Gasteiger charge is -2.32. The maximum Gasteiger partial charge on any atom is 0.224 e. The van der Waals surface area contributed by atoms with Gasteiger partial charge in [0.2, 0.25) is 5.91 Å².